The molecule has 0 saturated carbocycles. The van der Waals surface area contributed by atoms with Crippen LogP contribution in [-0.4, -0.2) is 51.2 Å². The van der Waals surface area contributed by atoms with Gasteiger partial charge in [0.1, 0.15) is 17.1 Å². The van der Waals surface area contributed by atoms with Gasteiger partial charge in [-0.3, -0.25) is 9.59 Å². The Morgan fingerprint density at radius 1 is 1.04 bits per heavy atom. The highest BCUT2D eigenvalue weighted by atomic mass is 16.5. The zero-order chi connectivity index (χ0) is 18.1. The van der Waals surface area contributed by atoms with E-state index in [4.69, 9.17) is 14.2 Å². The van der Waals surface area contributed by atoms with E-state index in [2.05, 4.69) is 10.6 Å². The Morgan fingerprint density at radius 3 is 2.12 bits per heavy atom. The molecule has 0 radical (unpaired) electrons. The minimum absolute atomic E-state index is 0.0229. The lowest BCUT2D eigenvalue weighted by Crippen LogP contribution is -2.41. The summed E-state index contributed by atoms with van der Waals surface area (Å²) >= 11 is 0. The number of ether oxygens (including phenoxy) is 3. The largest absolute Gasteiger partial charge is 0.496 e. The fourth-order valence-electron chi connectivity index (χ4n) is 1.86. The van der Waals surface area contributed by atoms with Gasteiger partial charge < -0.3 is 24.8 Å². The van der Waals surface area contributed by atoms with E-state index in [-0.39, 0.29) is 35.6 Å². The molecule has 2 amide bonds. The van der Waals surface area contributed by atoms with Crippen LogP contribution in [-0.2, 0) is 14.3 Å². The van der Waals surface area contributed by atoms with Crippen molar-refractivity contribution in [3.8, 4) is 11.5 Å². The van der Waals surface area contributed by atoms with Crippen LogP contribution in [0.2, 0.25) is 0 Å². The molecule has 0 fully saturated rings. The molecule has 1 aromatic carbocycles. The van der Waals surface area contributed by atoms with Gasteiger partial charge in [-0.25, -0.2) is 4.79 Å². The van der Waals surface area contributed by atoms with E-state index < -0.39 is 18.5 Å². The van der Waals surface area contributed by atoms with Gasteiger partial charge in [0.2, 0.25) is 5.91 Å². The molecule has 0 aliphatic rings. The highest BCUT2D eigenvalue weighted by molar-refractivity contribution is 5.97. The number of rotatable bonds is 8. The maximum absolute atomic E-state index is 12.2. The Bertz CT molecular complexity index is 578. The van der Waals surface area contributed by atoms with Crippen molar-refractivity contribution < 1.29 is 28.6 Å². The van der Waals surface area contributed by atoms with Gasteiger partial charge in [-0.2, -0.15) is 0 Å². The second-order valence-electron chi connectivity index (χ2n) is 5.11. The number of methoxy groups -OCH3 is 2. The average Bonchev–Trinajstić information content (AvgIpc) is 2.56. The van der Waals surface area contributed by atoms with Crippen molar-refractivity contribution in [2.75, 3.05) is 27.4 Å². The average molecular weight is 338 g/mol. The minimum Gasteiger partial charge on any atom is -0.496 e. The standard InChI is InChI=1S/C16H22N2O6/c1-10(2)18-13(19)8-17-14(20)9-24-16(21)15-11(22-3)6-5-7-12(15)23-4/h5-7,10H,8-9H2,1-4H3,(H,17,20)(H,18,19). The molecule has 0 aliphatic heterocycles. The Balaban J connectivity index is 2.57. The van der Waals surface area contributed by atoms with Crippen molar-refractivity contribution in [2.24, 2.45) is 0 Å². The third kappa shape index (κ3) is 5.79. The summed E-state index contributed by atoms with van der Waals surface area (Å²) in [4.78, 5) is 35.2. The van der Waals surface area contributed by atoms with Crippen molar-refractivity contribution in [3.63, 3.8) is 0 Å². The van der Waals surface area contributed by atoms with Gasteiger partial charge in [-0.05, 0) is 26.0 Å². The summed E-state index contributed by atoms with van der Waals surface area (Å²) in [5, 5.41) is 4.99. The third-order valence-corrected chi connectivity index (χ3v) is 2.86. The molecule has 1 aromatic rings. The van der Waals surface area contributed by atoms with Gasteiger partial charge in [0.25, 0.3) is 5.91 Å². The molecule has 0 bridgehead atoms. The fourth-order valence-corrected chi connectivity index (χ4v) is 1.86. The topological polar surface area (TPSA) is 103 Å². The van der Waals surface area contributed by atoms with Crippen LogP contribution in [0.1, 0.15) is 24.2 Å². The molecule has 132 valence electrons. The van der Waals surface area contributed by atoms with Gasteiger partial charge >= 0.3 is 5.97 Å². The van der Waals surface area contributed by atoms with E-state index in [1.165, 1.54) is 14.2 Å². The van der Waals surface area contributed by atoms with Crippen LogP contribution in [0.4, 0.5) is 0 Å². The molecule has 8 nitrogen and oxygen atoms in total. The molecule has 0 saturated heterocycles. The maximum atomic E-state index is 12.2. The van der Waals surface area contributed by atoms with Crippen LogP contribution in [0.15, 0.2) is 18.2 Å². The lowest BCUT2D eigenvalue weighted by atomic mass is 10.2. The molecule has 0 heterocycles. The number of esters is 1. The van der Waals surface area contributed by atoms with Crippen molar-refractivity contribution >= 4 is 17.8 Å². The predicted molar refractivity (Wildman–Crippen MR) is 86.1 cm³/mol. The van der Waals surface area contributed by atoms with E-state index in [0.717, 1.165) is 0 Å². The van der Waals surface area contributed by atoms with Crippen LogP contribution >= 0.6 is 0 Å². The zero-order valence-corrected chi connectivity index (χ0v) is 14.2. The van der Waals surface area contributed by atoms with Crippen molar-refractivity contribution in [1.29, 1.82) is 0 Å². The van der Waals surface area contributed by atoms with Gasteiger partial charge in [0.15, 0.2) is 6.61 Å². The van der Waals surface area contributed by atoms with Crippen LogP contribution in [0.5, 0.6) is 11.5 Å². The van der Waals surface area contributed by atoms with Crippen LogP contribution in [0.3, 0.4) is 0 Å². The van der Waals surface area contributed by atoms with Crippen LogP contribution in [0, 0.1) is 0 Å². The summed E-state index contributed by atoms with van der Waals surface area (Å²) in [7, 11) is 2.82. The van der Waals surface area contributed by atoms with Gasteiger partial charge in [0, 0.05) is 6.04 Å². The molecule has 8 heteroatoms. The first-order valence-corrected chi connectivity index (χ1v) is 7.33. The highest BCUT2D eigenvalue weighted by Crippen LogP contribution is 2.28. The number of carbonyl (C=O) groups is 3. The number of hydrogen-bond donors (Lipinski definition) is 2. The molecular formula is C16H22N2O6. The summed E-state index contributed by atoms with van der Waals surface area (Å²) in [5.74, 6) is -1.12. The monoisotopic (exact) mass is 338 g/mol. The SMILES string of the molecule is COc1cccc(OC)c1C(=O)OCC(=O)NCC(=O)NC(C)C. The first kappa shape index (κ1) is 19.3. The number of nitrogens with one attached hydrogen (secondary N) is 2. The second-order valence-corrected chi connectivity index (χ2v) is 5.11. The van der Waals surface area contributed by atoms with Crippen molar-refractivity contribution in [3.05, 3.63) is 23.8 Å². The lowest BCUT2D eigenvalue weighted by molar-refractivity contribution is -0.128. The fraction of sp³-hybridized carbons (Fsp3) is 0.438. The normalized spacial score (nSPS) is 10.0. The molecule has 0 aromatic heterocycles. The molecule has 0 atom stereocenters. The zero-order valence-electron chi connectivity index (χ0n) is 14.2. The lowest BCUT2D eigenvalue weighted by Gasteiger charge is -2.12. The molecule has 0 spiro atoms. The van der Waals surface area contributed by atoms with E-state index in [1.807, 2.05) is 13.8 Å². The minimum atomic E-state index is -0.758. The van der Waals surface area contributed by atoms with E-state index >= 15 is 0 Å². The smallest absolute Gasteiger partial charge is 0.346 e. The van der Waals surface area contributed by atoms with E-state index in [9.17, 15) is 14.4 Å². The van der Waals surface area contributed by atoms with Gasteiger partial charge in [0.05, 0.1) is 20.8 Å². The highest BCUT2D eigenvalue weighted by Gasteiger charge is 2.20. The number of benzene rings is 1. The molecule has 0 unspecified atom stereocenters. The van der Waals surface area contributed by atoms with Crippen molar-refractivity contribution in [2.45, 2.75) is 19.9 Å². The van der Waals surface area contributed by atoms with Crippen LogP contribution in [0.25, 0.3) is 0 Å². The van der Waals surface area contributed by atoms with Gasteiger partial charge in [-0.1, -0.05) is 6.07 Å². The molecule has 24 heavy (non-hydrogen) atoms. The molecule has 1 rings (SSSR count). The maximum Gasteiger partial charge on any atom is 0.346 e. The summed E-state index contributed by atoms with van der Waals surface area (Å²) < 4.78 is 15.1. The third-order valence-electron chi connectivity index (χ3n) is 2.86. The summed E-state index contributed by atoms with van der Waals surface area (Å²) in [6.45, 7) is 2.91. The summed E-state index contributed by atoms with van der Waals surface area (Å²) in [5.41, 5.74) is 0.0906. The Labute approximate surface area is 140 Å². The number of carbonyl (C=O) groups excluding carboxylic acids is 3. The molecule has 0 aliphatic carbocycles. The summed E-state index contributed by atoms with van der Waals surface area (Å²) in [6.07, 6.45) is 0. The first-order valence-electron chi connectivity index (χ1n) is 7.33. The predicted octanol–water partition coefficient (Wildman–Crippen LogP) is 0.501. The molecular weight excluding hydrogens is 316 g/mol. The quantitative estimate of drug-likeness (QED) is 0.669. The Kier molecular flexibility index (Phi) is 7.54. The van der Waals surface area contributed by atoms with E-state index in [1.54, 1.807) is 18.2 Å². The van der Waals surface area contributed by atoms with E-state index in [0.29, 0.717) is 0 Å². The molecule has 2 N–H and O–H groups in total. The van der Waals surface area contributed by atoms with Crippen LogP contribution < -0.4 is 20.1 Å². The Morgan fingerprint density at radius 2 is 1.62 bits per heavy atom. The first-order chi connectivity index (χ1) is 11.4. The second kappa shape index (κ2) is 9.39. The summed E-state index contributed by atoms with van der Waals surface area (Å²) in [6, 6.07) is 4.80. The Hall–Kier alpha value is -2.77. The van der Waals surface area contributed by atoms with Crippen molar-refractivity contribution in [1.82, 2.24) is 10.6 Å². The number of hydrogen-bond acceptors (Lipinski definition) is 6. The number of amides is 2. The van der Waals surface area contributed by atoms with Gasteiger partial charge in [-0.15, -0.1) is 0 Å².